The highest BCUT2D eigenvalue weighted by Gasteiger charge is 2.19. The predicted molar refractivity (Wildman–Crippen MR) is 109 cm³/mol. The molecule has 0 aliphatic carbocycles. The van der Waals surface area contributed by atoms with Crippen molar-refractivity contribution in [1.29, 1.82) is 0 Å². The fourth-order valence-electron chi connectivity index (χ4n) is 2.61. The monoisotopic (exact) mass is 519 g/mol. The lowest BCUT2D eigenvalue weighted by molar-refractivity contribution is 0.0888. The first-order valence-corrected chi connectivity index (χ1v) is 9.02. The van der Waals surface area contributed by atoms with E-state index in [1.54, 1.807) is 0 Å². The van der Waals surface area contributed by atoms with Gasteiger partial charge >= 0.3 is 0 Å². The summed E-state index contributed by atoms with van der Waals surface area (Å²) in [5.74, 6) is -5.00. The smallest absolute Gasteiger partial charge is 0.191 e. The second-order valence-corrected chi connectivity index (χ2v) is 6.23. The van der Waals surface area contributed by atoms with E-state index in [1.807, 2.05) is 6.92 Å². The van der Waals surface area contributed by atoms with E-state index < -0.39 is 35.4 Å². The molecular weight excluding hydrogens is 493 g/mol. The van der Waals surface area contributed by atoms with E-state index in [-0.39, 0.29) is 30.0 Å². The van der Waals surface area contributed by atoms with Crippen LogP contribution in [0.4, 0.5) is 17.6 Å². The number of guanidine groups is 1. The molecule has 2 rings (SSSR count). The standard InChI is InChI=1S/C18H25F4N3O2.HI/c1-2-23-18(24-5-3-6-26-10-12-4-7-27-11-12)25-9-13-16(21)14(19)8-15(20)17(13)22;/h8,12H,2-7,9-11H2,1H3,(H2,23,24,25);1H. The Morgan fingerprint density at radius 2 is 1.93 bits per heavy atom. The molecular formula is C18H26F4IN3O2. The topological polar surface area (TPSA) is 54.9 Å². The van der Waals surface area contributed by atoms with Crippen molar-refractivity contribution >= 4 is 29.9 Å². The first-order chi connectivity index (χ1) is 13.0. The van der Waals surface area contributed by atoms with Gasteiger partial charge in [0.1, 0.15) is 0 Å². The van der Waals surface area contributed by atoms with Crippen LogP contribution in [0.3, 0.4) is 0 Å². The predicted octanol–water partition coefficient (Wildman–Crippen LogP) is 3.36. The lowest BCUT2D eigenvalue weighted by Crippen LogP contribution is -2.38. The van der Waals surface area contributed by atoms with Gasteiger partial charge in [0.05, 0.1) is 25.3 Å². The molecule has 1 aromatic rings. The number of hydrogen-bond donors (Lipinski definition) is 2. The molecule has 2 N–H and O–H groups in total. The summed E-state index contributed by atoms with van der Waals surface area (Å²) in [5, 5.41) is 5.90. The van der Waals surface area contributed by atoms with E-state index in [9.17, 15) is 17.6 Å². The normalized spacial score (nSPS) is 16.8. The summed E-state index contributed by atoms with van der Waals surface area (Å²) in [6.07, 6.45) is 1.72. The highest BCUT2D eigenvalue weighted by atomic mass is 127. The van der Waals surface area contributed by atoms with Crippen LogP contribution in [0.25, 0.3) is 0 Å². The van der Waals surface area contributed by atoms with Gasteiger partial charge in [-0.05, 0) is 19.8 Å². The summed E-state index contributed by atoms with van der Waals surface area (Å²) in [7, 11) is 0. The highest BCUT2D eigenvalue weighted by molar-refractivity contribution is 14.0. The maximum atomic E-state index is 13.7. The average Bonchev–Trinajstić information content (AvgIpc) is 3.16. The van der Waals surface area contributed by atoms with E-state index in [4.69, 9.17) is 9.47 Å². The minimum absolute atomic E-state index is 0. The molecule has 0 aromatic heterocycles. The summed E-state index contributed by atoms with van der Waals surface area (Å²) in [6.45, 7) is 5.09. The van der Waals surface area contributed by atoms with E-state index in [1.165, 1.54) is 0 Å². The molecule has 0 radical (unpaired) electrons. The summed E-state index contributed by atoms with van der Waals surface area (Å²) >= 11 is 0. The van der Waals surface area contributed by atoms with Crippen molar-refractivity contribution < 1.29 is 27.0 Å². The van der Waals surface area contributed by atoms with Crippen LogP contribution in [-0.4, -0.2) is 45.5 Å². The van der Waals surface area contributed by atoms with Crippen molar-refractivity contribution in [2.24, 2.45) is 10.9 Å². The third kappa shape index (κ3) is 7.70. The van der Waals surface area contributed by atoms with Gasteiger partial charge in [-0.15, -0.1) is 24.0 Å². The quantitative estimate of drug-likeness (QED) is 0.131. The van der Waals surface area contributed by atoms with Gasteiger partial charge in [0.25, 0.3) is 0 Å². The number of nitrogens with one attached hydrogen (secondary N) is 2. The number of benzene rings is 1. The van der Waals surface area contributed by atoms with Crippen molar-refractivity contribution in [3.05, 3.63) is 34.9 Å². The van der Waals surface area contributed by atoms with Crippen LogP contribution in [0.15, 0.2) is 11.1 Å². The van der Waals surface area contributed by atoms with Gasteiger partial charge in [0.2, 0.25) is 0 Å². The minimum Gasteiger partial charge on any atom is -0.381 e. The molecule has 1 fully saturated rings. The minimum atomic E-state index is -1.44. The summed E-state index contributed by atoms with van der Waals surface area (Å²) in [4.78, 5) is 3.99. The number of aliphatic imine (C=N–C) groups is 1. The maximum absolute atomic E-state index is 13.7. The number of ether oxygens (including phenoxy) is 2. The van der Waals surface area contributed by atoms with Crippen molar-refractivity contribution in [2.45, 2.75) is 26.3 Å². The Bertz CT molecular complexity index is 617. The molecule has 0 spiro atoms. The fraction of sp³-hybridized carbons (Fsp3) is 0.611. The van der Waals surface area contributed by atoms with Crippen molar-refractivity contribution in [1.82, 2.24) is 10.6 Å². The SMILES string of the molecule is CCNC(=NCc1c(F)c(F)cc(F)c1F)NCCCOCC1CCOC1.I. The Morgan fingerprint density at radius 3 is 2.54 bits per heavy atom. The molecule has 28 heavy (non-hydrogen) atoms. The van der Waals surface area contributed by atoms with Crippen LogP contribution in [0.2, 0.25) is 0 Å². The van der Waals surface area contributed by atoms with Gasteiger partial charge in [-0.1, -0.05) is 0 Å². The Hall–Kier alpha value is -1.14. The van der Waals surface area contributed by atoms with Crippen LogP contribution in [0, 0.1) is 29.2 Å². The van der Waals surface area contributed by atoms with Crippen LogP contribution in [0.1, 0.15) is 25.3 Å². The second-order valence-electron chi connectivity index (χ2n) is 6.23. The summed E-state index contributed by atoms with van der Waals surface area (Å²) in [6, 6.07) is 0.180. The zero-order chi connectivity index (χ0) is 19.6. The van der Waals surface area contributed by atoms with Crippen LogP contribution in [0.5, 0.6) is 0 Å². The average molecular weight is 519 g/mol. The molecule has 1 aliphatic rings. The van der Waals surface area contributed by atoms with E-state index in [0.29, 0.717) is 44.6 Å². The third-order valence-corrected chi connectivity index (χ3v) is 4.08. The van der Waals surface area contributed by atoms with Gasteiger partial charge in [0.15, 0.2) is 29.2 Å². The van der Waals surface area contributed by atoms with Crippen LogP contribution < -0.4 is 10.6 Å². The van der Waals surface area contributed by atoms with Crippen molar-refractivity contribution in [2.75, 3.05) is 39.5 Å². The molecule has 160 valence electrons. The third-order valence-electron chi connectivity index (χ3n) is 4.08. The van der Waals surface area contributed by atoms with E-state index in [0.717, 1.165) is 19.6 Å². The number of nitrogens with zero attached hydrogens (tertiary/aromatic N) is 1. The van der Waals surface area contributed by atoms with Crippen molar-refractivity contribution in [3.8, 4) is 0 Å². The Balaban J connectivity index is 0.00000392. The van der Waals surface area contributed by atoms with Crippen molar-refractivity contribution in [3.63, 3.8) is 0 Å². The molecule has 10 heteroatoms. The molecule has 0 amide bonds. The molecule has 1 unspecified atom stereocenters. The number of hydrogen-bond acceptors (Lipinski definition) is 3. The molecule has 1 aliphatic heterocycles. The lowest BCUT2D eigenvalue weighted by atomic mass is 10.1. The van der Waals surface area contributed by atoms with Gasteiger partial charge < -0.3 is 20.1 Å². The fourth-order valence-corrected chi connectivity index (χ4v) is 2.61. The Labute approximate surface area is 179 Å². The Morgan fingerprint density at radius 1 is 1.21 bits per heavy atom. The first kappa shape index (κ1) is 24.9. The van der Waals surface area contributed by atoms with E-state index in [2.05, 4.69) is 15.6 Å². The molecule has 1 atom stereocenters. The first-order valence-electron chi connectivity index (χ1n) is 9.02. The summed E-state index contributed by atoms with van der Waals surface area (Å²) < 4.78 is 64.7. The molecule has 5 nitrogen and oxygen atoms in total. The van der Waals surface area contributed by atoms with Gasteiger partial charge in [-0.2, -0.15) is 0 Å². The highest BCUT2D eigenvalue weighted by Crippen LogP contribution is 2.20. The van der Waals surface area contributed by atoms with Gasteiger partial charge in [-0.25, -0.2) is 22.6 Å². The van der Waals surface area contributed by atoms with Gasteiger partial charge in [0, 0.05) is 38.3 Å². The van der Waals surface area contributed by atoms with Crippen LogP contribution >= 0.6 is 24.0 Å². The van der Waals surface area contributed by atoms with Gasteiger partial charge in [-0.3, -0.25) is 0 Å². The lowest BCUT2D eigenvalue weighted by Gasteiger charge is -2.13. The maximum Gasteiger partial charge on any atom is 0.191 e. The summed E-state index contributed by atoms with van der Waals surface area (Å²) in [5.41, 5.74) is -0.744. The molecule has 1 heterocycles. The second kappa shape index (κ2) is 13.2. The largest absolute Gasteiger partial charge is 0.381 e. The zero-order valence-electron chi connectivity index (χ0n) is 15.7. The van der Waals surface area contributed by atoms with Crippen LogP contribution in [-0.2, 0) is 16.0 Å². The molecule has 0 bridgehead atoms. The Kier molecular flexibility index (Phi) is 11.7. The molecule has 1 saturated heterocycles. The number of halogens is 5. The zero-order valence-corrected chi connectivity index (χ0v) is 18.0. The van der Waals surface area contributed by atoms with E-state index >= 15 is 0 Å². The molecule has 1 aromatic carbocycles. The number of rotatable bonds is 9. The molecule has 0 saturated carbocycles.